The van der Waals surface area contributed by atoms with Crippen LogP contribution in [0.5, 0.6) is 0 Å². The summed E-state index contributed by atoms with van der Waals surface area (Å²) >= 11 is 0. The van der Waals surface area contributed by atoms with Gasteiger partial charge in [0.05, 0.1) is 17.8 Å². The Labute approximate surface area is 334 Å². The molecule has 0 spiro atoms. The van der Waals surface area contributed by atoms with E-state index in [2.05, 4.69) is 174 Å². The molecule has 6 aromatic carbocycles. The molecule has 0 saturated carbocycles. The number of nitrogens with two attached hydrogens (primary N) is 1. The molecule has 8 aromatic rings. The lowest BCUT2D eigenvalue weighted by atomic mass is 9.95. The van der Waals surface area contributed by atoms with Crippen molar-refractivity contribution in [3.05, 3.63) is 197 Å². The minimum absolute atomic E-state index is 0.110. The predicted octanol–water partition coefficient (Wildman–Crippen LogP) is 12.1. The molecule has 2 unspecified atom stereocenters. The number of hydrogen-bond acceptors (Lipinski definition) is 4. The highest BCUT2D eigenvalue weighted by molar-refractivity contribution is 5.98. The number of fused-ring (bicyclic) bond motifs is 6. The minimum atomic E-state index is -0.354. The Morgan fingerprint density at radius 1 is 0.684 bits per heavy atom. The van der Waals surface area contributed by atoms with Crippen LogP contribution in [-0.2, 0) is 19.4 Å². The molecule has 5 nitrogen and oxygen atoms in total. The molecule has 2 heterocycles. The molecule has 2 aliphatic rings. The molecule has 0 bridgehead atoms. The summed E-state index contributed by atoms with van der Waals surface area (Å²) in [6.07, 6.45) is 10.6. The van der Waals surface area contributed by atoms with Gasteiger partial charge in [0.1, 0.15) is 11.3 Å². The first-order valence-electron chi connectivity index (χ1n) is 20.2. The number of nitrogens with one attached hydrogen (secondary N) is 2. The molecule has 4 N–H and O–H groups in total. The summed E-state index contributed by atoms with van der Waals surface area (Å²) in [7, 11) is 0. The van der Waals surface area contributed by atoms with E-state index in [1.807, 2.05) is 12.1 Å². The average Bonchev–Trinajstić information content (AvgIpc) is 3.82. The van der Waals surface area contributed by atoms with Gasteiger partial charge in [-0.15, -0.1) is 0 Å². The highest BCUT2D eigenvalue weighted by Crippen LogP contribution is 2.41. The van der Waals surface area contributed by atoms with E-state index in [0.717, 1.165) is 71.5 Å². The van der Waals surface area contributed by atoms with Crippen molar-refractivity contribution >= 4 is 33.5 Å². The fraction of sp³-hybridized carbons (Fsp3) is 0.154. The number of nitrogens with zero attached hydrogens (tertiary/aromatic N) is 1. The van der Waals surface area contributed by atoms with Crippen molar-refractivity contribution in [2.75, 3.05) is 0 Å². The third-order valence-electron chi connectivity index (χ3n) is 11.8. The van der Waals surface area contributed by atoms with E-state index in [9.17, 15) is 0 Å². The van der Waals surface area contributed by atoms with Crippen molar-refractivity contribution in [3.63, 3.8) is 0 Å². The standard InChI is InChI=1S/C52H46N4O/c1-34-12-10-19-44-45-20-11-18-42(50(45)57-49(34)44)37-26-29-41(30-27-37)56-47-21-9-8-17-43(47)46-32-40(28-31-48(46)56)36-22-24-38(25-23-36)51(53)55-52(39-15-6-3-7-16-39)54-33-35-13-4-2-5-14-35/h2-7,9,11-16,18,20-32,51-52,54-55H,8,10,17,19,33,53H2,1H3. The zero-order chi connectivity index (χ0) is 38.3. The van der Waals surface area contributed by atoms with E-state index in [1.165, 1.54) is 55.4 Å². The van der Waals surface area contributed by atoms with Gasteiger partial charge in [-0.3, -0.25) is 10.6 Å². The molecule has 0 aliphatic heterocycles. The van der Waals surface area contributed by atoms with Gasteiger partial charge in [-0.2, -0.15) is 0 Å². The van der Waals surface area contributed by atoms with E-state index in [1.54, 1.807) is 0 Å². The molecule has 0 radical (unpaired) electrons. The van der Waals surface area contributed by atoms with Crippen molar-refractivity contribution in [3.8, 4) is 27.9 Å². The van der Waals surface area contributed by atoms with Crippen LogP contribution in [0.3, 0.4) is 0 Å². The van der Waals surface area contributed by atoms with Crippen LogP contribution in [0.1, 0.15) is 71.4 Å². The molecule has 5 heteroatoms. The van der Waals surface area contributed by atoms with Gasteiger partial charge < -0.3 is 14.7 Å². The summed E-state index contributed by atoms with van der Waals surface area (Å²) in [6.45, 7) is 2.89. The molecule has 0 saturated heterocycles. The summed E-state index contributed by atoms with van der Waals surface area (Å²) < 4.78 is 8.98. The molecule has 0 amide bonds. The predicted molar refractivity (Wildman–Crippen MR) is 236 cm³/mol. The van der Waals surface area contributed by atoms with Crippen molar-refractivity contribution in [1.82, 2.24) is 15.2 Å². The number of hydrogen-bond donors (Lipinski definition) is 3. The van der Waals surface area contributed by atoms with Gasteiger partial charge in [-0.25, -0.2) is 0 Å². The zero-order valence-corrected chi connectivity index (χ0v) is 32.2. The number of para-hydroxylation sites is 1. The Morgan fingerprint density at radius 2 is 1.42 bits per heavy atom. The van der Waals surface area contributed by atoms with Crippen LogP contribution in [0.4, 0.5) is 0 Å². The second kappa shape index (κ2) is 15.0. The number of allylic oxidation sites excluding steroid dienone is 3. The van der Waals surface area contributed by atoms with Crippen molar-refractivity contribution in [1.29, 1.82) is 0 Å². The van der Waals surface area contributed by atoms with Crippen LogP contribution in [0.2, 0.25) is 0 Å². The molecule has 2 aliphatic carbocycles. The number of aryl methyl sites for hydroxylation is 2. The van der Waals surface area contributed by atoms with E-state index in [4.69, 9.17) is 10.2 Å². The third-order valence-corrected chi connectivity index (χ3v) is 11.8. The van der Waals surface area contributed by atoms with Gasteiger partial charge in [0.25, 0.3) is 0 Å². The number of rotatable bonds is 10. The molecule has 10 rings (SSSR count). The number of aromatic nitrogens is 1. The maximum Gasteiger partial charge on any atom is 0.142 e. The Balaban J connectivity index is 0.920. The fourth-order valence-corrected chi connectivity index (χ4v) is 8.87. The first-order valence-corrected chi connectivity index (χ1v) is 20.2. The highest BCUT2D eigenvalue weighted by Gasteiger charge is 2.22. The third kappa shape index (κ3) is 6.64. The lowest BCUT2D eigenvalue weighted by molar-refractivity contribution is 0.386. The van der Waals surface area contributed by atoms with Crippen LogP contribution >= 0.6 is 0 Å². The Morgan fingerprint density at radius 3 is 2.23 bits per heavy atom. The topological polar surface area (TPSA) is 68.2 Å². The van der Waals surface area contributed by atoms with Crippen LogP contribution in [0.15, 0.2) is 162 Å². The van der Waals surface area contributed by atoms with E-state index >= 15 is 0 Å². The summed E-state index contributed by atoms with van der Waals surface area (Å²) in [4.78, 5) is 0. The Kier molecular flexibility index (Phi) is 9.27. The van der Waals surface area contributed by atoms with Crippen LogP contribution < -0.4 is 16.4 Å². The first kappa shape index (κ1) is 35.2. The van der Waals surface area contributed by atoms with Gasteiger partial charge in [-0.1, -0.05) is 133 Å². The van der Waals surface area contributed by atoms with Gasteiger partial charge >= 0.3 is 0 Å². The van der Waals surface area contributed by atoms with Crippen LogP contribution in [-0.4, -0.2) is 4.57 Å². The summed E-state index contributed by atoms with van der Waals surface area (Å²) in [6, 6.07) is 52.1. The SMILES string of the molecule is CC1=CCCc2c1oc1c(-c3ccc(-n4c5c(c6cc(-c7ccc(C(N)NC(NCc8ccccc8)c8ccccc8)cc7)ccc64)CCC=C5)cc3)cccc21. The monoisotopic (exact) mass is 742 g/mol. The molecule has 2 aromatic heterocycles. The maximum atomic E-state index is 6.83. The fourth-order valence-electron chi connectivity index (χ4n) is 8.87. The lowest BCUT2D eigenvalue weighted by Crippen LogP contribution is -2.39. The second-order valence-electron chi connectivity index (χ2n) is 15.4. The van der Waals surface area contributed by atoms with E-state index in [-0.39, 0.29) is 12.3 Å². The Hall–Kier alpha value is -6.24. The average molecular weight is 743 g/mol. The second-order valence-corrected chi connectivity index (χ2v) is 15.4. The summed E-state index contributed by atoms with van der Waals surface area (Å²) in [5, 5.41) is 9.85. The van der Waals surface area contributed by atoms with Crippen molar-refractivity contribution in [2.24, 2.45) is 5.73 Å². The van der Waals surface area contributed by atoms with E-state index in [0.29, 0.717) is 0 Å². The quantitative estimate of drug-likeness (QED) is 0.122. The normalized spacial score (nSPS) is 14.7. The number of benzene rings is 6. The summed E-state index contributed by atoms with van der Waals surface area (Å²) in [5.74, 6) is 1.05. The van der Waals surface area contributed by atoms with Crippen LogP contribution in [0.25, 0.3) is 61.5 Å². The van der Waals surface area contributed by atoms with Crippen molar-refractivity contribution in [2.45, 2.75) is 51.5 Å². The van der Waals surface area contributed by atoms with Crippen molar-refractivity contribution < 1.29 is 4.42 Å². The van der Waals surface area contributed by atoms with E-state index < -0.39 is 0 Å². The van der Waals surface area contributed by atoms with Gasteiger partial charge in [0, 0.05) is 39.8 Å². The number of furan rings is 1. The minimum Gasteiger partial charge on any atom is -0.455 e. The summed E-state index contributed by atoms with van der Waals surface area (Å²) in [5.41, 5.74) is 23.5. The highest BCUT2D eigenvalue weighted by atomic mass is 16.3. The van der Waals surface area contributed by atoms with Crippen LogP contribution in [0, 0.1) is 0 Å². The largest absolute Gasteiger partial charge is 0.455 e. The zero-order valence-electron chi connectivity index (χ0n) is 32.2. The first-order chi connectivity index (χ1) is 28.1. The molecule has 280 valence electrons. The van der Waals surface area contributed by atoms with Gasteiger partial charge in [0.2, 0.25) is 0 Å². The molecule has 0 fully saturated rings. The molecule has 2 atom stereocenters. The lowest BCUT2D eigenvalue weighted by Gasteiger charge is -2.25. The molecular formula is C52H46N4O. The van der Waals surface area contributed by atoms with Gasteiger partial charge in [0.15, 0.2) is 0 Å². The molecule has 57 heavy (non-hydrogen) atoms. The molecular weight excluding hydrogens is 697 g/mol. The Bertz CT molecular complexity index is 2770. The van der Waals surface area contributed by atoms with Gasteiger partial charge in [-0.05, 0) is 107 Å². The maximum absolute atomic E-state index is 6.83. The smallest absolute Gasteiger partial charge is 0.142 e.